The number of benzene rings is 3. The maximum Gasteiger partial charge on any atom is 0.213 e. The molecule has 3 nitrogen and oxygen atoms in total. The average molecular weight is 427 g/mol. The number of ether oxygens (including phenoxy) is 1. The second-order valence-electron chi connectivity index (χ2n) is 7.34. The molecule has 0 aliphatic carbocycles. The van der Waals surface area contributed by atoms with Gasteiger partial charge in [0.15, 0.2) is 0 Å². The lowest BCUT2D eigenvalue weighted by molar-refractivity contribution is -0.0189. The number of hydrogen-bond donors (Lipinski definition) is 0. The highest BCUT2D eigenvalue weighted by molar-refractivity contribution is 6.35. The van der Waals surface area contributed by atoms with Gasteiger partial charge >= 0.3 is 0 Å². The van der Waals surface area contributed by atoms with Crippen molar-refractivity contribution in [3.63, 3.8) is 0 Å². The first-order valence-corrected chi connectivity index (χ1v) is 10.1. The van der Waals surface area contributed by atoms with Crippen LogP contribution in [0, 0.1) is 12.7 Å². The van der Waals surface area contributed by atoms with Crippen LogP contribution in [0.25, 0.3) is 0 Å². The maximum absolute atomic E-state index is 13.5. The fourth-order valence-corrected chi connectivity index (χ4v) is 4.44. The van der Waals surface area contributed by atoms with Gasteiger partial charge in [-0.15, -0.1) is 0 Å². The van der Waals surface area contributed by atoms with Gasteiger partial charge in [-0.05, 0) is 36.8 Å². The van der Waals surface area contributed by atoms with Crippen molar-refractivity contribution in [3.8, 4) is 5.75 Å². The molecule has 2 heterocycles. The molecule has 5 rings (SSSR count). The van der Waals surface area contributed by atoms with E-state index in [2.05, 4.69) is 31.2 Å². The second kappa shape index (κ2) is 7.05. The third-order valence-electron chi connectivity index (χ3n) is 5.35. The number of aryl methyl sites for hydroxylation is 1. The lowest BCUT2D eigenvalue weighted by Crippen LogP contribution is -2.33. The quantitative estimate of drug-likeness (QED) is 0.456. The molecule has 2 aliphatic rings. The fourth-order valence-electron chi connectivity index (χ4n) is 3.88. The Hall–Kier alpha value is -2.56. The minimum atomic E-state index is -0.505. The van der Waals surface area contributed by atoms with Crippen LogP contribution in [0.4, 0.5) is 4.39 Å². The summed E-state index contributed by atoms with van der Waals surface area (Å²) in [4.78, 5) is 0. The Morgan fingerprint density at radius 2 is 1.76 bits per heavy atom. The first-order chi connectivity index (χ1) is 14.0. The normalized spacial score (nSPS) is 20.0. The average Bonchev–Trinajstić information content (AvgIpc) is 3.14. The molecule has 2 atom stereocenters. The molecular weight excluding hydrogens is 410 g/mol. The number of rotatable bonds is 2. The van der Waals surface area contributed by atoms with Gasteiger partial charge < -0.3 is 4.74 Å². The molecule has 29 heavy (non-hydrogen) atoms. The summed E-state index contributed by atoms with van der Waals surface area (Å²) in [5, 5.41) is 7.84. The summed E-state index contributed by atoms with van der Waals surface area (Å²) < 4.78 is 19.7. The topological polar surface area (TPSA) is 24.8 Å². The standard InChI is InChI=1S/C23H17Cl2FN2O/c1-13-2-4-14(5-3-13)20-12-21-18-10-16(24)11-19(25)22(18)29-23(28(21)27-20)15-6-8-17(26)9-7-15/h2-11,21,23H,12H2,1H3/t21-,23-/m0/s1. The number of halogens is 3. The van der Waals surface area contributed by atoms with Crippen molar-refractivity contribution >= 4 is 28.9 Å². The molecule has 0 saturated carbocycles. The van der Waals surface area contributed by atoms with Crippen molar-refractivity contribution in [1.29, 1.82) is 0 Å². The lowest BCUT2D eigenvalue weighted by atomic mass is 9.95. The van der Waals surface area contributed by atoms with E-state index >= 15 is 0 Å². The summed E-state index contributed by atoms with van der Waals surface area (Å²) in [6.45, 7) is 2.06. The highest BCUT2D eigenvalue weighted by Gasteiger charge is 2.42. The van der Waals surface area contributed by atoms with Crippen molar-refractivity contribution in [2.75, 3.05) is 0 Å². The van der Waals surface area contributed by atoms with Crippen molar-refractivity contribution < 1.29 is 9.13 Å². The number of hydrogen-bond acceptors (Lipinski definition) is 3. The van der Waals surface area contributed by atoms with Gasteiger partial charge in [-0.3, -0.25) is 0 Å². The van der Waals surface area contributed by atoms with E-state index in [1.165, 1.54) is 17.7 Å². The highest BCUT2D eigenvalue weighted by Crippen LogP contribution is 2.50. The van der Waals surface area contributed by atoms with Gasteiger partial charge in [0.2, 0.25) is 6.23 Å². The van der Waals surface area contributed by atoms with Crippen molar-refractivity contribution in [2.24, 2.45) is 5.10 Å². The second-order valence-corrected chi connectivity index (χ2v) is 8.18. The molecule has 0 spiro atoms. The molecule has 2 aliphatic heterocycles. The van der Waals surface area contributed by atoms with Gasteiger partial charge in [-0.25, -0.2) is 9.40 Å². The van der Waals surface area contributed by atoms with Gasteiger partial charge in [0.25, 0.3) is 0 Å². The molecule has 0 amide bonds. The maximum atomic E-state index is 13.5. The third-order valence-corrected chi connectivity index (χ3v) is 5.85. The summed E-state index contributed by atoms with van der Waals surface area (Å²) in [7, 11) is 0. The summed E-state index contributed by atoms with van der Waals surface area (Å²) in [6, 6.07) is 18.1. The first-order valence-electron chi connectivity index (χ1n) is 9.33. The van der Waals surface area contributed by atoms with Gasteiger partial charge in [-0.2, -0.15) is 5.10 Å². The Morgan fingerprint density at radius 1 is 1.03 bits per heavy atom. The van der Waals surface area contributed by atoms with Gasteiger partial charge in [0.05, 0.1) is 16.8 Å². The Morgan fingerprint density at radius 3 is 2.48 bits per heavy atom. The minimum Gasteiger partial charge on any atom is -0.463 e. The van der Waals surface area contributed by atoms with Crippen LogP contribution in [0.1, 0.15) is 40.9 Å². The van der Waals surface area contributed by atoms with E-state index in [0.29, 0.717) is 22.2 Å². The molecule has 0 saturated heterocycles. The van der Waals surface area contributed by atoms with E-state index in [0.717, 1.165) is 22.4 Å². The van der Waals surface area contributed by atoms with E-state index in [4.69, 9.17) is 33.0 Å². The molecule has 0 bridgehead atoms. The number of hydrazone groups is 1. The van der Waals surface area contributed by atoms with Crippen LogP contribution in [0.3, 0.4) is 0 Å². The predicted octanol–water partition coefficient (Wildman–Crippen LogP) is 6.68. The molecule has 0 fully saturated rings. The van der Waals surface area contributed by atoms with Crippen LogP contribution in [0.5, 0.6) is 5.75 Å². The third kappa shape index (κ3) is 3.26. The fraction of sp³-hybridized carbons (Fsp3) is 0.174. The largest absolute Gasteiger partial charge is 0.463 e. The zero-order valence-corrected chi connectivity index (χ0v) is 17.1. The van der Waals surface area contributed by atoms with Crippen molar-refractivity contribution in [1.82, 2.24) is 5.01 Å². The van der Waals surface area contributed by atoms with E-state index in [1.54, 1.807) is 18.2 Å². The Balaban J connectivity index is 1.62. The van der Waals surface area contributed by atoms with Crippen LogP contribution in [0.2, 0.25) is 10.0 Å². The number of fused-ring (bicyclic) bond motifs is 3. The van der Waals surface area contributed by atoms with Gasteiger partial charge in [0, 0.05) is 22.6 Å². The summed E-state index contributed by atoms with van der Waals surface area (Å²) in [5.41, 5.74) is 4.95. The van der Waals surface area contributed by atoms with Gasteiger partial charge in [-0.1, -0.05) is 65.2 Å². The zero-order chi connectivity index (χ0) is 20.1. The summed E-state index contributed by atoms with van der Waals surface area (Å²) in [5.74, 6) is 0.309. The molecule has 146 valence electrons. The van der Waals surface area contributed by atoms with Crippen LogP contribution in [-0.2, 0) is 0 Å². The van der Waals surface area contributed by atoms with Crippen LogP contribution >= 0.6 is 23.2 Å². The lowest BCUT2D eigenvalue weighted by Gasteiger charge is -2.38. The SMILES string of the molecule is Cc1ccc(C2=NN3[C@@H](C2)c2cc(Cl)cc(Cl)c2O[C@H]3c2ccc(F)cc2)cc1. The molecule has 0 radical (unpaired) electrons. The van der Waals surface area contributed by atoms with Crippen LogP contribution in [-0.4, -0.2) is 10.7 Å². The molecule has 0 N–H and O–H groups in total. The predicted molar refractivity (Wildman–Crippen MR) is 113 cm³/mol. The molecular formula is C23H17Cl2FN2O. The van der Waals surface area contributed by atoms with Crippen LogP contribution < -0.4 is 4.74 Å². The highest BCUT2D eigenvalue weighted by atomic mass is 35.5. The summed E-state index contributed by atoms with van der Waals surface area (Å²) in [6.07, 6.45) is 0.197. The molecule has 0 unspecified atom stereocenters. The Kier molecular flexibility index (Phi) is 4.49. The Bertz CT molecular complexity index is 1110. The number of nitrogens with zero attached hydrogens (tertiary/aromatic N) is 2. The van der Waals surface area contributed by atoms with Crippen molar-refractivity contribution in [3.05, 3.63) is 98.8 Å². The van der Waals surface area contributed by atoms with E-state index in [1.807, 2.05) is 11.1 Å². The molecule has 6 heteroatoms. The smallest absolute Gasteiger partial charge is 0.213 e. The molecule has 3 aromatic carbocycles. The Labute approximate surface area is 178 Å². The van der Waals surface area contributed by atoms with Crippen LogP contribution in [0.15, 0.2) is 65.8 Å². The monoisotopic (exact) mass is 426 g/mol. The van der Waals surface area contributed by atoms with Gasteiger partial charge in [0.1, 0.15) is 11.6 Å². The molecule has 3 aromatic rings. The zero-order valence-electron chi connectivity index (χ0n) is 15.6. The van der Waals surface area contributed by atoms with E-state index < -0.39 is 6.23 Å². The van der Waals surface area contributed by atoms with E-state index in [9.17, 15) is 4.39 Å². The van der Waals surface area contributed by atoms with E-state index in [-0.39, 0.29) is 11.9 Å². The van der Waals surface area contributed by atoms with Crippen molar-refractivity contribution in [2.45, 2.75) is 25.6 Å². The first kappa shape index (κ1) is 18.5. The summed E-state index contributed by atoms with van der Waals surface area (Å²) >= 11 is 12.7. The molecule has 0 aromatic heterocycles. The minimum absolute atomic E-state index is 0.0682.